The average Bonchev–Trinajstić information content (AvgIpc) is 2.61. The summed E-state index contributed by atoms with van der Waals surface area (Å²) in [5.74, 6) is -1.38. The van der Waals surface area contributed by atoms with Gasteiger partial charge in [0.05, 0.1) is 11.8 Å². The van der Waals surface area contributed by atoms with Gasteiger partial charge < -0.3 is 10.0 Å². The zero-order chi connectivity index (χ0) is 11.6. The van der Waals surface area contributed by atoms with E-state index in [4.69, 9.17) is 5.11 Å². The van der Waals surface area contributed by atoms with Crippen molar-refractivity contribution in [1.82, 2.24) is 14.7 Å². The largest absolute Gasteiger partial charge is 0.480 e. The van der Waals surface area contributed by atoms with E-state index in [0.29, 0.717) is 5.56 Å². The number of hydrogen-bond acceptors (Lipinski definition) is 3. The molecule has 1 amide bonds. The van der Waals surface area contributed by atoms with Crippen molar-refractivity contribution >= 4 is 11.9 Å². The smallest absolute Gasteiger partial charge is 0.326 e. The summed E-state index contributed by atoms with van der Waals surface area (Å²) in [7, 11) is 3.14. The lowest BCUT2D eigenvalue weighted by Crippen LogP contribution is -2.40. The fourth-order valence-corrected chi connectivity index (χ4v) is 1.08. The van der Waals surface area contributed by atoms with Crippen LogP contribution in [-0.4, -0.2) is 44.8 Å². The van der Waals surface area contributed by atoms with Crippen LogP contribution in [0.2, 0.25) is 0 Å². The molecule has 0 aliphatic rings. The number of nitrogens with zero attached hydrogens (tertiary/aromatic N) is 3. The summed E-state index contributed by atoms with van der Waals surface area (Å²) in [4.78, 5) is 23.5. The lowest BCUT2D eigenvalue weighted by Gasteiger charge is -2.20. The molecule has 0 aromatic carbocycles. The van der Waals surface area contributed by atoms with Gasteiger partial charge in [-0.25, -0.2) is 4.79 Å². The molecule has 0 saturated heterocycles. The number of carbonyl (C=O) groups is 2. The van der Waals surface area contributed by atoms with Gasteiger partial charge >= 0.3 is 5.97 Å². The fourth-order valence-electron chi connectivity index (χ4n) is 1.08. The fraction of sp³-hybridized carbons (Fsp3) is 0.444. The summed E-state index contributed by atoms with van der Waals surface area (Å²) in [6.07, 6.45) is 2.96. The normalized spacial score (nSPS) is 12.2. The van der Waals surface area contributed by atoms with E-state index in [2.05, 4.69) is 5.10 Å². The van der Waals surface area contributed by atoms with E-state index in [1.165, 1.54) is 29.7 Å². The maximum atomic E-state index is 11.7. The van der Waals surface area contributed by atoms with Crippen LogP contribution in [0.4, 0.5) is 0 Å². The maximum absolute atomic E-state index is 11.7. The van der Waals surface area contributed by atoms with Crippen molar-refractivity contribution in [1.29, 1.82) is 0 Å². The number of likely N-dealkylation sites (N-methyl/N-ethyl adjacent to an activating group) is 1. The molecule has 6 heteroatoms. The van der Waals surface area contributed by atoms with E-state index in [1.807, 2.05) is 0 Å². The lowest BCUT2D eigenvalue weighted by molar-refractivity contribution is -0.141. The van der Waals surface area contributed by atoms with Crippen molar-refractivity contribution in [2.75, 3.05) is 7.05 Å². The molecule has 0 fully saturated rings. The molecule has 1 heterocycles. The van der Waals surface area contributed by atoms with Crippen LogP contribution in [-0.2, 0) is 11.8 Å². The van der Waals surface area contributed by atoms with Crippen LogP contribution < -0.4 is 0 Å². The third-order valence-electron chi connectivity index (χ3n) is 2.21. The van der Waals surface area contributed by atoms with Crippen molar-refractivity contribution in [2.45, 2.75) is 13.0 Å². The van der Waals surface area contributed by atoms with Crippen LogP contribution in [0.3, 0.4) is 0 Å². The second-order valence-electron chi connectivity index (χ2n) is 3.33. The van der Waals surface area contributed by atoms with Crippen molar-refractivity contribution in [3.05, 3.63) is 18.0 Å². The van der Waals surface area contributed by atoms with Crippen molar-refractivity contribution in [2.24, 2.45) is 7.05 Å². The molecule has 0 aliphatic heterocycles. The number of rotatable bonds is 3. The van der Waals surface area contributed by atoms with Gasteiger partial charge in [0.2, 0.25) is 0 Å². The Labute approximate surface area is 87.1 Å². The molecule has 1 atom stereocenters. The summed E-state index contributed by atoms with van der Waals surface area (Å²) in [5.41, 5.74) is 0.383. The summed E-state index contributed by atoms with van der Waals surface area (Å²) in [5, 5.41) is 12.6. The van der Waals surface area contributed by atoms with E-state index in [0.717, 1.165) is 0 Å². The number of aliphatic carboxylic acids is 1. The lowest BCUT2D eigenvalue weighted by atomic mass is 10.2. The molecule has 0 saturated carbocycles. The number of aromatic nitrogens is 2. The Morgan fingerprint density at radius 3 is 2.60 bits per heavy atom. The molecule has 1 N–H and O–H groups in total. The van der Waals surface area contributed by atoms with Gasteiger partial charge in [0, 0.05) is 20.3 Å². The van der Waals surface area contributed by atoms with Crippen LogP contribution in [0.15, 0.2) is 12.4 Å². The average molecular weight is 211 g/mol. The third kappa shape index (κ3) is 2.34. The van der Waals surface area contributed by atoms with Gasteiger partial charge in [-0.1, -0.05) is 0 Å². The highest BCUT2D eigenvalue weighted by molar-refractivity contribution is 5.95. The molecule has 1 unspecified atom stereocenters. The Balaban J connectivity index is 2.81. The molecule has 0 aliphatic carbocycles. The monoisotopic (exact) mass is 211 g/mol. The predicted molar refractivity (Wildman–Crippen MR) is 52.4 cm³/mol. The molecule has 0 radical (unpaired) electrons. The zero-order valence-corrected chi connectivity index (χ0v) is 8.84. The van der Waals surface area contributed by atoms with Gasteiger partial charge in [-0.05, 0) is 6.92 Å². The summed E-state index contributed by atoms with van der Waals surface area (Å²) < 4.78 is 1.49. The first-order chi connectivity index (χ1) is 6.93. The maximum Gasteiger partial charge on any atom is 0.326 e. The molecule has 1 rings (SSSR count). The van der Waals surface area contributed by atoms with Gasteiger partial charge in [0.25, 0.3) is 5.91 Å². The van der Waals surface area contributed by atoms with Crippen LogP contribution in [0.1, 0.15) is 17.3 Å². The van der Waals surface area contributed by atoms with Crippen LogP contribution >= 0.6 is 0 Å². The molecule has 1 aromatic heterocycles. The number of carboxylic acids is 1. The minimum atomic E-state index is -1.03. The van der Waals surface area contributed by atoms with Crippen LogP contribution in [0.25, 0.3) is 0 Å². The summed E-state index contributed by atoms with van der Waals surface area (Å²) >= 11 is 0. The quantitative estimate of drug-likeness (QED) is 0.761. The highest BCUT2D eigenvalue weighted by Gasteiger charge is 2.23. The first kappa shape index (κ1) is 11.2. The van der Waals surface area contributed by atoms with Crippen molar-refractivity contribution in [3.63, 3.8) is 0 Å². The first-order valence-electron chi connectivity index (χ1n) is 4.42. The third-order valence-corrected chi connectivity index (χ3v) is 2.21. The molecule has 0 spiro atoms. The summed E-state index contributed by atoms with van der Waals surface area (Å²) in [6.45, 7) is 1.45. The number of amides is 1. The standard InChI is InChI=1S/C9H13N3O3/c1-6(9(14)15)12(3)8(13)7-4-10-11(2)5-7/h4-6H,1-3H3,(H,14,15). The number of carbonyl (C=O) groups excluding carboxylic acids is 1. The topological polar surface area (TPSA) is 75.4 Å². The highest BCUT2D eigenvalue weighted by atomic mass is 16.4. The Hall–Kier alpha value is -1.85. The Kier molecular flexibility index (Phi) is 3.08. The first-order valence-corrected chi connectivity index (χ1v) is 4.42. The highest BCUT2D eigenvalue weighted by Crippen LogP contribution is 2.05. The van der Waals surface area contributed by atoms with E-state index in [9.17, 15) is 9.59 Å². The summed E-state index contributed by atoms with van der Waals surface area (Å²) in [6, 6.07) is -0.849. The van der Waals surface area contributed by atoms with Gasteiger partial charge in [-0.15, -0.1) is 0 Å². The van der Waals surface area contributed by atoms with Gasteiger partial charge in [0.15, 0.2) is 0 Å². The molecule has 6 nitrogen and oxygen atoms in total. The molecular formula is C9H13N3O3. The molecular weight excluding hydrogens is 198 g/mol. The minimum absolute atomic E-state index is 0.349. The Bertz CT molecular complexity index is 386. The molecule has 82 valence electrons. The molecule has 15 heavy (non-hydrogen) atoms. The number of aryl methyl sites for hydroxylation is 1. The van der Waals surface area contributed by atoms with Gasteiger partial charge in [0.1, 0.15) is 6.04 Å². The zero-order valence-electron chi connectivity index (χ0n) is 8.84. The minimum Gasteiger partial charge on any atom is -0.480 e. The van der Waals surface area contributed by atoms with E-state index in [1.54, 1.807) is 13.2 Å². The van der Waals surface area contributed by atoms with E-state index < -0.39 is 12.0 Å². The SMILES string of the molecule is CC(C(=O)O)N(C)C(=O)c1cnn(C)c1. The van der Waals surface area contributed by atoms with Crippen LogP contribution in [0.5, 0.6) is 0 Å². The van der Waals surface area contributed by atoms with Crippen molar-refractivity contribution in [3.8, 4) is 0 Å². The van der Waals surface area contributed by atoms with E-state index >= 15 is 0 Å². The van der Waals surface area contributed by atoms with Gasteiger partial charge in [-0.3, -0.25) is 9.48 Å². The van der Waals surface area contributed by atoms with Crippen LogP contribution in [0, 0.1) is 0 Å². The number of carboxylic acid groups (broad SMARTS) is 1. The second kappa shape index (κ2) is 4.12. The van der Waals surface area contributed by atoms with Gasteiger partial charge in [-0.2, -0.15) is 5.10 Å². The molecule has 1 aromatic rings. The van der Waals surface area contributed by atoms with Crippen molar-refractivity contribution < 1.29 is 14.7 Å². The van der Waals surface area contributed by atoms with E-state index in [-0.39, 0.29) is 5.91 Å². The Morgan fingerprint density at radius 2 is 2.20 bits per heavy atom. The second-order valence-corrected chi connectivity index (χ2v) is 3.33. The molecule has 0 bridgehead atoms. The number of hydrogen-bond donors (Lipinski definition) is 1. The predicted octanol–water partition coefficient (Wildman–Crippen LogP) is -0.0348. The Morgan fingerprint density at radius 1 is 1.60 bits per heavy atom.